The minimum Gasteiger partial charge on any atom is -0.338 e. The van der Waals surface area contributed by atoms with E-state index in [4.69, 9.17) is 0 Å². The van der Waals surface area contributed by atoms with Crippen molar-refractivity contribution in [2.75, 3.05) is 4.90 Å². The third-order valence-corrected chi connectivity index (χ3v) is 8.45. The Morgan fingerprint density at radius 2 is 1.05 bits per heavy atom. The maximum atomic E-state index is 2.53. The van der Waals surface area contributed by atoms with Crippen LogP contribution in [-0.4, -0.2) is 6.04 Å². The van der Waals surface area contributed by atoms with Crippen molar-refractivity contribution in [1.82, 2.24) is 0 Å². The SMILES string of the molecule is Cc1ccc(-c2ccccc2)cc1N(c1cc2c(cc1C)-c1ccc(-c3ccccc3)cc1C2(C)C)C(C)C. The van der Waals surface area contributed by atoms with Crippen LogP contribution in [0.5, 0.6) is 0 Å². The van der Waals surface area contributed by atoms with Crippen molar-refractivity contribution < 1.29 is 0 Å². The molecule has 0 N–H and O–H groups in total. The van der Waals surface area contributed by atoms with E-state index in [9.17, 15) is 0 Å². The smallest absolute Gasteiger partial charge is 0.0449 e. The third kappa shape index (κ3) is 4.27. The summed E-state index contributed by atoms with van der Waals surface area (Å²) in [6.07, 6.45) is 0. The molecule has 1 aliphatic carbocycles. The van der Waals surface area contributed by atoms with Gasteiger partial charge in [-0.25, -0.2) is 0 Å². The lowest BCUT2D eigenvalue weighted by Gasteiger charge is -2.34. The summed E-state index contributed by atoms with van der Waals surface area (Å²) in [6.45, 7) is 13.9. The molecule has 0 heterocycles. The third-order valence-electron chi connectivity index (χ3n) is 8.45. The molecule has 0 spiro atoms. The van der Waals surface area contributed by atoms with E-state index >= 15 is 0 Å². The molecular formula is C38H37N. The van der Waals surface area contributed by atoms with Gasteiger partial charge < -0.3 is 4.90 Å². The predicted octanol–water partition coefficient (Wildman–Crippen LogP) is 10.5. The van der Waals surface area contributed by atoms with Crippen LogP contribution in [0, 0.1) is 13.8 Å². The summed E-state index contributed by atoms with van der Waals surface area (Å²) in [4.78, 5) is 2.53. The van der Waals surface area contributed by atoms with Gasteiger partial charge in [0, 0.05) is 22.8 Å². The number of hydrogen-bond acceptors (Lipinski definition) is 1. The molecule has 1 nitrogen and oxygen atoms in total. The van der Waals surface area contributed by atoms with Crippen LogP contribution >= 0.6 is 0 Å². The lowest BCUT2D eigenvalue weighted by atomic mass is 9.81. The Morgan fingerprint density at radius 1 is 0.513 bits per heavy atom. The van der Waals surface area contributed by atoms with Gasteiger partial charge in [-0.3, -0.25) is 0 Å². The molecule has 0 saturated heterocycles. The van der Waals surface area contributed by atoms with Crippen molar-refractivity contribution in [2.45, 2.75) is 53.0 Å². The zero-order valence-electron chi connectivity index (χ0n) is 23.9. The number of benzene rings is 5. The van der Waals surface area contributed by atoms with Crippen LogP contribution in [0.3, 0.4) is 0 Å². The number of aryl methyl sites for hydroxylation is 2. The lowest BCUT2D eigenvalue weighted by Crippen LogP contribution is -2.27. The van der Waals surface area contributed by atoms with Crippen LogP contribution in [0.4, 0.5) is 11.4 Å². The van der Waals surface area contributed by atoms with E-state index in [-0.39, 0.29) is 5.41 Å². The molecule has 1 heteroatoms. The number of anilines is 2. The van der Waals surface area contributed by atoms with Gasteiger partial charge in [-0.2, -0.15) is 0 Å². The van der Waals surface area contributed by atoms with E-state index in [1.165, 1.54) is 67.0 Å². The summed E-state index contributed by atoms with van der Waals surface area (Å²) >= 11 is 0. The summed E-state index contributed by atoms with van der Waals surface area (Å²) < 4.78 is 0. The standard InChI is InChI=1S/C38H37N/c1-25(2)39(36-23-31(18-17-26(36)3)29-15-11-8-12-16-29)37-24-35-33(21-27(37)4)32-20-19-30(22-34(32)38(35,5)6)28-13-9-7-10-14-28/h7-25H,1-6H3. The van der Waals surface area contributed by atoms with Gasteiger partial charge in [-0.15, -0.1) is 0 Å². The quantitative estimate of drug-likeness (QED) is 0.229. The Kier molecular flexibility index (Phi) is 6.19. The normalized spacial score (nSPS) is 13.3. The molecule has 6 rings (SSSR count). The van der Waals surface area contributed by atoms with Gasteiger partial charge in [0.15, 0.2) is 0 Å². The van der Waals surface area contributed by atoms with Gasteiger partial charge in [0.2, 0.25) is 0 Å². The van der Waals surface area contributed by atoms with Crippen molar-refractivity contribution in [2.24, 2.45) is 0 Å². The fourth-order valence-electron chi connectivity index (χ4n) is 6.31. The van der Waals surface area contributed by atoms with Crippen LogP contribution in [0.2, 0.25) is 0 Å². The highest BCUT2D eigenvalue weighted by Gasteiger charge is 2.37. The molecule has 194 valence electrons. The molecule has 0 radical (unpaired) electrons. The molecule has 5 aromatic rings. The second-order valence-corrected chi connectivity index (χ2v) is 11.8. The van der Waals surface area contributed by atoms with E-state index in [0.29, 0.717) is 6.04 Å². The molecule has 0 aromatic heterocycles. The molecule has 0 fully saturated rings. The molecule has 1 aliphatic rings. The molecule has 0 bridgehead atoms. The average molecular weight is 508 g/mol. The van der Waals surface area contributed by atoms with Crippen LogP contribution in [0.25, 0.3) is 33.4 Å². The van der Waals surface area contributed by atoms with Crippen LogP contribution in [0.1, 0.15) is 49.9 Å². The number of nitrogens with zero attached hydrogens (tertiary/aromatic N) is 1. The van der Waals surface area contributed by atoms with Gasteiger partial charge >= 0.3 is 0 Å². The summed E-state index contributed by atoms with van der Waals surface area (Å²) in [5.41, 5.74) is 15.7. The first-order chi connectivity index (χ1) is 18.8. The summed E-state index contributed by atoms with van der Waals surface area (Å²) in [5.74, 6) is 0. The van der Waals surface area contributed by atoms with Gasteiger partial charge in [-0.05, 0) is 108 Å². The fourth-order valence-corrected chi connectivity index (χ4v) is 6.31. The molecule has 0 aliphatic heterocycles. The first-order valence-electron chi connectivity index (χ1n) is 14.1. The maximum absolute atomic E-state index is 2.53. The summed E-state index contributed by atoms with van der Waals surface area (Å²) in [5, 5.41) is 0. The minimum atomic E-state index is -0.0819. The molecular weight excluding hydrogens is 470 g/mol. The predicted molar refractivity (Wildman–Crippen MR) is 168 cm³/mol. The Balaban J connectivity index is 1.48. The highest BCUT2D eigenvalue weighted by Crippen LogP contribution is 2.52. The van der Waals surface area contributed by atoms with Gasteiger partial charge in [0.05, 0.1) is 0 Å². The summed E-state index contributed by atoms with van der Waals surface area (Å²) in [7, 11) is 0. The number of hydrogen-bond donors (Lipinski definition) is 0. The minimum absolute atomic E-state index is 0.0819. The van der Waals surface area contributed by atoms with Crippen LogP contribution in [0.15, 0.2) is 109 Å². The van der Waals surface area contributed by atoms with Gasteiger partial charge in [-0.1, -0.05) is 98.8 Å². The number of fused-ring (bicyclic) bond motifs is 3. The van der Waals surface area contributed by atoms with E-state index in [1.807, 2.05) is 0 Å². The maximum Gasteiger partial charge on any atom is 0.0449 e. The zero-order valence-corrected chi connectivity index (χ0v) is 23.9. The first-order valence-corrected chi connectivity index (χ1v) is 14.1. The molecule has 0 saturated carbocycles. The molecule has 39 heavy (non-hydrogen) atoms. The molecule has 0 unspecified atom stereocenters. The first kappa shape index (κ1) is 25.2. The van der Waals surface area contributed by atoms with Crippen molar-refractivity contribution in [3.8, 4) is 33.4 Å². The van der Waals surface area contributed by atoms with Gasteiger partial charge in [0.25, 0.3) is 0 Å². The Morgan fingerprint density at radius 3 is 1.67 bits per heavy atom. The second kappa shape index (κ2) is 9.58. The van der Waals surface area contributed by atoms with Crippen molar-refractivity contribution in [3.63, 3.8) is 0 Å². The fraction of sp³-hybridized carbons (Fsp3) is 0.211. The molecule has 0 amide bonds. The van der Waals surface area contributed by atoms with E-state index in [0.717, 1.165) is 0 Å². The van der Waals surface area contributed by atoms with Crippen molar-refractivity contribution >= 4 is 11.4 Å². The second-order valence-electron chi connectivity index (χ2n) is 11.8. The van der Waals surface area contributed by atoms with Crippen LogP contribution < -0.4 is 4.90 Å². The highest BCUT2D eigenvalue weighted by molar-refractivity contribution is 5.87. The van der Waals surface area contributed by atoms with Crippen molar-refractivity contribution in [3.05, 3.63) is 131 Å². The van der Waals surface area contributed by atoms with E-state index in [1.54, 1.807) is 0 Å². The Bertz CT molecular complexity index is 1660. The lowest BCUT2D eigenvalue weighted by molar-refractivity contribution is 0.659. The number of rotatable bonds is 5. The summed E-state index contributed by atoms with van der Waals surface area (Å²) in [6, 6.07) is 40.5. The monoisotopic (exact) mass is 507 g/mol. The highest BCUT2D eigenvalue weighted by atomic mass is 15.2. The Hall–Kier alpha value is -4.10. The Labute approximate surface area is 233 Å². The van der Waals surface area contributed by atoms with E-state index in [2.05, 4.69) is 156 Å². The molecule has 5 aromatic carbocycles. The van der Waals surface area contributed by atoms with Crippen LogP contribution in [-0.2, 0) is 5.41 Å². The zero-order chi connectivity index (χ0) is 27.3. The largest absolute Gasteiger partial charge is 0.338 e. The molecule has 0 atom stereocenters. The topological polar surface area (TPSA) is 3.24 Å². The van der Waals surface area contributed by atoms with E-state index < -0.39 is 0 Å². The average Bonchev–Trinajstić information content (AvgIpc) is 3.16. The van der Waals surface area contributed by atoms with Crippen molar-refractivity contribution in [1.29, 1.82) is 0 Å². The van der Waals surface area contributed by atoms with Gasteiger partial charge in [0.1, 0.15) is 0 Å².